The molecular weight excluding hydrogens is 290 g/mol. The van der Waals surface area contributed by atoms with Gasteiger partial charge in [-0.2, -0.15) is 5.26 Å². The number of hydrogen-bond donors (Lipinski definition) is 2. The summed E-state index contributed by atoms with van der Waals surface area (Å²) in [7, 11) is 0. The number of carbonyl (C=O) groups excluding carboxylic acids is 1. The SMILES string of the molecule is C[C@]1(N)CCN(c2cc(C(=O)NC34CC(C3)C4)cnc2C#N)C1. The van der Waals surface area contributed by atoms with Crippen LogP contribution >= 0.6 is 0 Å². The summed E-state index contributed by atoms with van der Waals surface area (Å²) in [6, 6.07) is 3.90. The Kier molecular flexibility index (Phi) is 2.94. The summed E-state index contributed by atoms with van der Waals surface area (Å²) in [6.07, 6.45) is 5.67. The largest absolute Gasteiger partial charge is 0.367 e. The molecule has 0 spiro atoms. The molecule has 6 heteroatoms. The van der Waals surface area contributed by atoms with Crippen molar-refractivity contribution in [3.05, 3.63) is 23.5 Å². The minimum absolute atomic E-state index is 0.0410. The number of pyridine rings is 1. The third-order valence-electron chi connectivity index (χ3n) is 5.50. The average Bonchev–Trinajstić information content (AvgIpc) is 2.80. The Bertz CT molecular complexity index is 703. The molecule has 4 aliphatic rings. The Balaban J connectivity index is 1.58. The van der Waals surface area contributed by atoms with Gasteiger partial charge in [0.1, 0.15) is 6.07 Å². The second-order valence-corrected chi connectivity index (χ2v) is 7.74. The molecular formula is C17H21N5O. The van der Waals surface area contributed by atoms with Gasteiger partial charge in [0.05, 0.1) is 11.3 Å². The van der Waals surface area contributed by atoms with Crippen LogP contribution in [-0.2, 0) is 0 Å². The van der Waals surface area contributed by atoms with E-state index in [1.165, 1.54) is 6.20 Å². The Labute approximate surface area is 135 Å². The van der Waals surface area contributed by atoms with Crippen LogP contribution in [0.3, 0.4) is 0 Å². The van der Waals surface area contributed by atoms with Gasteiger partial charge in [0, 0.05) is 30.4 Å². The number of nitrogens with zero attached hydrogens (tertiary/aromatic N) is 3. The van der Waals surface area contributed by atoms with E-state index in [0.717, 1.165) is 38.1 Å². The standard InChI is InChI=1S/C17H21N5O/c1-16(19)2-3-22(10-16)14-4-12(9-20-13(14)8-18)15(23)21-17-5-11(6-17)7-17/h4,9,11H,2-3,5-7,10,19H2,1H3,(H,21,23)/t11?,16-,17?/m0/s1. The monoisotopic (exact) mass is 311 g/mol. The van der Waals surface area contributed by atoms with Gasteiger partial charge in [-0.05, 0) is 44.6 Å². The van der Waals surface area contributed by atoms with Crippen LogP contribution in [0.25, 0.3) is 0 Å². The van der Waals surface area contributed by atoms with Crippen LogP contribution in [0.4, 0.5) is 5.69 Å². The molecule has 3 aliphatic carbocycles. The summed E-state index contributed by atoms with van der Waals surface area (Å²) >= 11 is 0. The summed E-state index contributed by atoms with van der Waals surface area (Å²) in [5.74, 6) is 0.730. The first kappa shape index (κ1) is 14.5. The van der Waals surface area contributed by atoms with Gasteiger partial charge in [-0.15, -0.1) is 0 Å². The molecule has 1 atom stereocenters. The first-order chi connectivity index (χ1) is 10.9. The summed E-state index contributed by atoms with van der Waals surface area (Å²) < 4.78 is 0. The fraction of sp³-hybridized carbons (Fsp3) is 0.588. The van der Waals surface area contributed by atoms with Crippen molar-refractivity contribution in [1.82, 2.24) is 10.3 Å². The number of carbonyl (C=O) groups is 1. The van der Waals surface area contributed by atoms with Crippen molar-refractivity contribution >= 4 is 11.6 Å². The van der Waals surface area contributed by atoms with E-state index in [1.54, 1.807) is 6.07 Å². The molecule has 0 unspecified atom stereocenters. The number of anilines is 1. The summed E-state index contributed by atoms with van der Waals surface area (Å²) in [5.41, 5.74) is 7.55. The number of nitriles is 1. The minimum atomic E-state index is -0.267. The molecule has 1 saturated heterocycles. The second-order valence-electron chi connectivity index (χ2n) is 7.74. The average molecular weight is 311 g/mol. The zero-order valence-electron chi connectivity index (χ0n) is 13.3. The van der Waals surface area contributed by atoms with Crippen molar-refractivity contribution in [2.24, 2.45) is 11.7 Å². The van der Waals surface area contributed by atoms with E-state index in [1.807, 2.05) is 6.92 Å². The second kappa shape index (κ2) is 4.68. The zero-order chi connectivity index (χ0) is 16.2. The Morgan fingerprint density at radius 2 is 2.26 bits per heavy atom. The number of nitrogens with two attached hydrogens (primary N) is 1. The van der Waals surface area contributed by atoms with Crippen molar-refractivity contribution < 1.29 is 4.79 Å². The molecule has 6 nitrogen and oxygen atoms in total. The lowest BCUT2D eigenvalue weighted by Gasteiger charge is -2.61. The molecule has 1 aromatic heterocycles. The lowest BCUT2D eigenvalue weighted by molar-refractivity contribution is -0.0438. The van der Waals surface area contributed by atoms with E-state index in [4.69, 9.17) is 5.73 Å². The maximum Gasteiger partial charge on any atom is 0.253 e. The lowest BCUT2D eigenvalue weighted by Crippen LogP contribution is -2.68. The van der Waals surface area contributed by atoms with E-state index >= 15 is 0 Å². The van der Waals surface area contributed by atoms with E-state index in [9.17, 15) is 10.1 Å². The quantitative estimate of drug-likeness (QED) is 0.873. The molecule has 23 heavy (non-hydrogen) atoms. The first-order valence-corrected chi connectivity index (χ1v) is 8.16. The van der Waals surface area contributed by atoms with Gasteiger partial charge in [-0.3, -0.25) is 4.79 Å². The highest BCUT2D eigenvalue weighted by Crippen LogP contribution is 2.57. The smallest absolute Gasteiger partial charge is 0.253 e. The molecule has 3 N–H and O–H groups in total. The zero-order valence-corrected chi connectivity index (χ0v) is 13.3. The lowest BCUT2D eigenvalue weighted by atomic mass is 9.50. The summed E-state index contributed by atoms with van der Waals surface area (Å²) in [5, 5.41) is 12.4. The molecule has 2 bridgehead atoms. The van der Waals surface area contributed by atoms with Gasteiger partial charge >= 0.3 is 0 Å². The van der Waals surface area contributed by atoms with E-state index in [2.05, 4.69) is 21.3 Å². The molecule has 2 heterocycles. The van der Waals surface area contributed by atoms with Crippen molar-refractivity contribution in [1.29, 1.82) is 5.26 Å². The first-order valence-electron chi connectivity index (χ1n) is 8.16. The van der Waals surface area contributed by atoms with Crippen LogP contribution in [-0.4, -0.2) is 35.1 Å². The minimum Gasteiger partial charge on any atom is -0.367 e. The van der Waals surface area contributed by atoms with Crippen LogP contribution in [0.1, 0.15) is 48.7 Å². The van der Waals surface area contributed by atoms with Crippen molar-refractivity contribution in [3.8, 4) is 6.07 Å². The third-order valence-corrected chi connectivity index (χ3v) is 5.50. The van der Waals surface area contributed by atoms with Gasteiger partial charge in [0.25, 0.3) is 5.91 Å². The molecule has 1 aromatic rings. The summed E-state index contributed by atoms with van der Waals surface area (Å²) in [4.78, 5) is 18.7. The van der Waals surface area contributed by atoms with Gasteiger partial charge < -0.3 is 16.0 Å². The third kappa shape index (κ3) is 2.36. The fourth-order valence-corrected chi connectivity index (χ4v) is 4.04. The molecule has 3 saturated carbocycles. The van der Waals surface area contributed by atoms with Crippen LogP contribution in [0, 0.1) is 17.2 Å². The molecule has 5 rings (SSSR count). The molecule has 0 aromatic carbocycles. The predicted octanol–water partition coefficient (Wildman–Crippen LogP) is 1.16. The number of nitrogens with one attached hydrogen (secondary N) is 1. The van der Waals surface area contributed by atoms with Crippen LogP contribution in [0.5, 0.6) is 0 Å². The van der Waals surface area contributed by atoms with E-state index in [-0.39, 0.29) is 17.0 Å². The molecule has 1 aliphatic heterocycles. The van der Waals surface area contributed by atoms with Gasteiger partial charge in [-0.1, -0.05) is 0 Å². The van der Waals surface area contributed by atoms with Crippen molar-refractivity contribution in [2.75, 3.05) is 18.0 Å². The van der Waals surface area contributed by atoms with E-state index in [0.29, 0.717) is 23.5 Å². The normalized spacial score (nSPS) is 34.3. The topological polar surface area (TPSA) is 95.0 Å². The number of aromatic nitrogens is 1. The van der Waals surface area contributed by atoms with Gasteiger partial charge in [-0.25, -0.2) is 4.98 Å². The molecule has 1 amide bonds. The molecule has 4 fully saturated rings. The van der Waals surface area contributed by atoms with Crippen molar-refractivity contribution in [2.45, 2.75) is 43.7 Å². The van der Waals surface area contributed by atoms with Crippen LogP contribution < -0.4 is 16.0 Å². The van der Waals surface area contributed by atoms with Crippen molar-refractivity contribution in [3.63, 3.8) is 0 Å². The predicted molar refractivity (Wildman–Crippen MR) is 85.9 cm³/mol. The molecule has 0 radical (unpaired) electrons. The Hall–Kier alpha value is -2.13. The summed E-state index contributed by atoms with van der Waals surface area (Å²) in [6.45, 7) is 3.45. The number of amides is 1. The van der Waals surface area contributed by atoms with Crippen LogP contribution in [0.2, 0.25) is 0 Å². The van der Waals surface area contributed by atoms with E-state index < -0.39 is 0 Å². The highest BCUT2D eigenvalue weighted by molar-refractivity contribution is 5.95. The fourth-order valence-electron chi connectivity index (χ4n) is 4.04. The highest BCUT2D eigenvalue weighted by atomic mass is 16.1. The molecule has 120 valence electrons. The maximum atomic E-state index is 12.5. The number of hydrogen-bond acceptors (Lipinski definition) is 5. The Morgan fingerprint density at radius 1 is 1.52 bits per heavy atom. The Morgan fingerprint density at radius 3 is 2.78 bits per heavy atom. The number of rotatable bonds is 3. The van der Waals surface area contributed by atoms with Gasteiger partial charge in [0.2, 0.25) is 0 Å². The van der Waals surface area contributed by atoms with Crippen LogP contribution in [0.15, 0.2) is 12.3 Å². The highest BCUT2D eigenvalue weighted by Gasteiger charge is 2.57. The maximum absolute atomic E-state index is 12.5. The van der Waals surface area contributed by atoms with Gasteiger partial charge in [0.15, 0.2) is 5.69 Å².